The molecule has 0 fully saturated rings. The summed E-state index contributed by atoms with van der Waals surface area (Å²) in [5.74, 6) is 0.345. The van der Waals surface area contributed by atoms with Gasteiger partial charge < -0.3 is 4.74 Å². The zero-order valence-corrected chi connectivity index (χ0v) is 7.86. The van der Waals surface area contributed by atoms with Crippen LogP contribution >= 0.6 is 0 Å². The van der Waals surface area contributed by atoms with E-state index in [4.69, 9.17) is 4.74 Å². The highest BCUT2D eigenvalue weighted by molar-refractivity contribution is 5.84. The fourth-order valence-corrected chi connectivity index (χ4v) is 0.869. The minimum atomic E-state index is -0.435. The van der Waals surface area contributed by atoms with E-state index in [1.54, 1.807) is 7.11 Å². The molecule has 4 heteroatoms. The standard InChI is InChI=1S/C10H11N2O2/c1-8(13)12-11-7-9-3-5-10(14-2)6-4-9/h3-7H,1H2,2H3,(H,12,13). The van der Waals surface area contributed by atoms with Gasteiger partial charge in [0.2, 0.25) is 5.91 Å². The number of carbonyl (C=O) groups is 1. The highest BCUT2D eigenvalue weighted by Crippen LogP contribution is 2.09. The highest BCUT2D eigenvalue weighted by Gasteiger charge is 1.90. The Balaban J connectivity index is 2.59. The number of methoxy groups -OCH3 is 1. The van der Waals surface area contributed by atoms with Crippen molar-refractivity contribution < 1.29 is 9.53 Å². The third kappa shape index (κ3) is 3.26. The molecule has 14 heavy (non-hydrogen) atoms. The summed E-state index contributed by atoms with van der Waals surface area (Å²) in [7, 11) is 1.60. The molecule has 0 atom stereocenters. The predicted molar refractivity (Wildman–Crippen MR) is 54.1 cm³/mol. The first kappa shape index (κ1) is 10.2. The van der Waals surface area contributed by atoms with E-state index in [2.05, 4.69) is 17.5 Å². The van der Waals surface area contributed by atoms with E-state index in [1.807, 2.05) is 24.3 Å². The molecule has 0 aliphatic heterocycles. The number of nitrogens with one attached hydrogen (secondary N) is 1. The van der Waals surface area contributed by atoms with Crippen molar-refractivity contribution in [1.29, 1.82) is 0 Å². The second-order valence-corrected chi connectivity index (χ2v) is 2.57. The van der Waals surface area contributed by atoms with Crippen molar-refractivity contribution in [2.24, 2.45) is 5.10 Å². The quantitative estimate of drug-likeness (QED) is 0.572. The van der Waals surface area contributed by atoms with Gasteiger partial charge in [0.25, 0.3) is 0 Å². The fourth-order valence-electron chi connectivity index (χ4n) is 0.869. The molecule has 0 aliphatic carbocycles. The van der Waals surface area contributed by atoms with Gasteiger partial charge in [-0.1, -0.05) is 0 Å². The summed E-state index contributed by atoms with van der Waals surface area (Å²) in [5, 5.41) is 3.67. The minimum Gasteiger partial charge on any atom is -0.497 e. The van der Waals surface area contributed by atoms with Crippen molar-refractivity contribution in [2.45, 2.75) is 0 Å². The van der Waals surface area contributed by atoms with Gasteiger partial charge in [-0.25, -0.2) is 5.43 Å². The molecule has 73 valence electrons. The maximum atomic E-state index is 10.4. The van der Waals surface area contributed by atoms with Crippen LogP contribution in [0.15, 0.2) is 29.4 Å². The van der Waals surface area contributed by atoms with Gasteiger partial charge in [-0.05, 0) is 29.8 Å². The molecule has 4 nitrogen and oxygen atoms in total. The molecule has 1 aromatic rings. The van der Waals surface area contributed by atoms with Gasteiger partial charge in [-0.15, -0.1) is 0 Å². The Hall–Kier alpha value is -1.84. The average Bonchev–Trinajstić information content (AvgIpc) is 2.18. The first-order valence-electron chi connectivity index (χ1n) is 4.01. The fraction of sp³-hybridized carbons (Fsp3) is 0.100. The topological polar surface area (TPSA) is 50.7 Å². The molecule has 0 aromatic heterocycles. The number of nitrogens with zero attached hydrogens (tertiary/aromatic N) is 1. The number of rotatable bonds is 3. The van der Waals surface area contributed by atoms with Crippen molar-refractivity contribution in [2.75, 3.05) is 7.11 Å². The van der Waals surface area contributed by atoms with Crippen LogP contribution in [0.1, 0.15) is 5.56 Å². The summed E-state index contributed by atoms with van der Waals surface area (Å²) in [6.45, 7) is 3.11. The Bertz CT molecular complexity index is 330. The smallest absolute Gasteiger partial charge is 0.240 e. The zero-order chi connectivity index (χ0) is 10.4. The van der Waals surface area contributed by atoms with Crippen LogP contribution in [0.25, 0.3) is 0 Å². The maximum Gasteiger partial charge on any atom is 0.240 e. The Labute approximate surface area is 82.6 Å². The molecule has 0 unspecified atom stereocenters. The van der Waals surface area contributed by atoms with E-state index in [1.165, 1.54) is 6.21 Å². The van der Waals surface area contributed by atoms with Gasteiger partial charge in [0, 0.05) is 6.92 Å². The Morgan fingerprint density at radius 1 is 1.50 bits per heavy atom. The molecule has 1 amide bonds. The van der Waals surface area contributed by atoms with Crippen LogP contribution < -0.4 is 10.2 Å². The molecule has 1 radical (unpaired) electrons. The first-order valence-corrected chi connectivity index (χ1v) is 4.01. The number of hydrazone groups is 1. The van der Waals surface area contributed by atoms with Gasteiger partial charge in [0.05, 0.1) is 13.3 Å². The summed E-state index contributed by atoms with van der Waals surface area (Å²) < 4.78 is 4.99. The van der Waals surface area contributed by atoms with E-state index in [0.29, 0.717) is 0 Å². The van der Waals surface area contributed by atoms with E-state index in [9.17, 15) is 4.79 Å². The summed E-state index contributed by atoms with van der Waals surface area (Å²) in [6.07, 6.45) is 1.53. The first-order chi connectivity index (χ1) is 6.72. The van der Waals surface area contributed by atoms with Crippen molar-refractivity contribution >= 4 is 12.1 Å². The lowest BCUT2D eigenvalue weighted by molar-refractivity contribution is -0.116. The molecule has 0 spiro atoms. The number of benzene rings is 1. The second kappa shape index (κ2) is 5.01. The monoisotopic (exact) mass is 191 g/mol. The lowest BCUT2D eigenvalue weighted by Gasteiger charge is -1.98. The maximum absolute atomic E-state index is 10.4. The summed E-state index contributed by atoms with van der Waals surface area (Å²) in [5.41, 5.74) is 3.09. The lowest BCUT2D eigenvalue weighted by Crippen LogP contribution is -2.12. The van der Waals surface area contributed by atoms with Crippen LogP contribution in [-0.2, 0) is 4.79 Å². The average molecular weight is 191 g/mol. The molecular weight excluding hydrogens is 180 g/mol. The van der Waals surface area contributed by atoms with Crippen LogP contribution in [0, 0.1) is 6.92 Å². The minimum absolute atomic E-state index is 0.435. The van der Waals surface area contributed by atoms with Crippen LogP contribution in [0.2, 0.25) is 0 Å². The molecule has 0 heterocycles. The normalized spacial score (nSPS) is 10.1. The number of hydrogen-bond acceptors (Lipinski definition) is 3. The van der Waals surface area contributed by atoms with Gasteiger partial charge in [0.15, 0.2) is 0 Å². The Morgan fingerprint density at radius 2 is 2.14 bits per heavy atom. The largest absolute Gasteiger partial charge is 0.497 e. The lowest BCUT2D eigenvalue weighted by atomic mass is 10.2. The van der Waals surface area contributed by atoms with E-state index in [-0.39, 0.29) is 0 Å². The molecule has 0 aliphatic rings. The SMILES string of the molecule is [CH2]C(=O)NN=Cc1ccc(OC)cc1. The molecule has 0 bridgehead atoms. The second-order valence-electron chi connectivity index (χ2n) is 2.57. The molecule has 0 saturated heterocycles. The summed E-state index contributed by atoms with van der Waals surface area (Å²) in [4.78, 5) is 10.4. The van der Waals surface area contributed by atoms with Crippen LogP contribution in [0.5, 0.6) is 5.75 Å². The van der Waals surface area contributed by atoms with Crippen molar-refractivity contribution in [3.8, 4) is 5.75 Å². The molecule has 0 saturated carbocycles. The molecular formula is C10H11N2O2. The highest BCUT2D eigenvalue weighted by atomic mass is 16.5. The van der Waals surface area contributed by atoms with Gasteiger partial charge in [0.1, 0.15) is 5.75 Å². The molecule has 1 rings (SSSR count). The Morgan fingerprint density at radius 3 is 2.64 bits per heavy atom. The molecule has 1 N–H and O–H groups in total. The third-order valence-electron chi connectivity index (χ3n) is 1.52. The van der Waals surface area contributed by atoms with Gasteiger partial charge in [-0.3, -0.25) is 4.79 Å². The Kier molecular flexibility index (Phi) is 3.67. The summed E-state index contributed by atoms with van der Waals surface area (Å²) >= 11 is 0. The van der Waals surface area contributed by atoms with Gasteiger partial charge >= 0.3 is 0 Å². The van der Waals surface area contributed by atoms with Crippen LogP contribution in [0.4, 0.5) is 0 Å². The summed E-state index contributed by atoms with van der Waals surface area (Å²) in [6, 6.07) is 7.29. The third-order valence-corrected chi connectivity index (χ3v) is 1.52. The van der Waals surface area contributed by atoms with E-state index < -0.39 is 5.91 Å². The van der Waals surface area contributed by atoms with E-state index in [0.717, 1.165) is 11.3 Å². The van der Waals surface area contributed by atoms with Crippen LogP contribution in [0.3, 0.4) is 0 Å². The predicted octanol–water partition coefficient (Wildman–Crippen LogP) is 0.979. The number of hydrogen-bond donors (Lipinski definition) is 1. The van der Waals surface area contributed by atoms with E-state index >= 15 is 0 Å². The zero-order valence-electron chi connectivity index (χ0n) is 7.86. The van der Waals surface area contributed by atoms with Gasteiger partial charge in [-0.2, -0.15) is 5.10 Å². The van der Waals surface area contributed by atoms with Crippen molar-refractivity contribution in [3.05, 3.63) is 36.8 Å². The molecule has 1 aromatic carbocycles. The number of amides is 1. The van der Waals surface area contributed by atoms with Crippen molar-refractivity contribution in [1.82, 2.24) is 5.43 Å². The van der Waals surface area contributed by atoms with Crippen LogP contribution in [-0.4, -0.2) is 19.2 Å². The number of carbonyl (C=O) groups excluding carboxylic acids is 1. The van der Waals surface area contributed by atoms with Crippen molar-refractivity contribution in [3.63, 3.8) is 0 Å². The number of ether oxygens (including phenoxy) is 1.